The van der Waals surface area contributed by atoms with Gasteiger partial charge in [-0.1, -0.05) is 18.7 Å². The molecule has 1 N–H and O–H groups in total. The molecular weight excluding hydrogens is 340 g/mol. The highest BCUT2D eigenvalue weighted by Gasteiger charge is 2.13. The lowest BCUT2D eigenvalue weighted by Gasteiger charge is -2.09. The molecule has 1 aromatic heterocycles. The van der Waals surface area contributed by atoms with Crippen LogP contribution in [0, 0.1) is 0 Å². The van der Waals surface area contributed by atoms with Crippen molar-refractivity contribution in [2.45, 2.75) is 38.1 Å². The summed E-state index contributed by atoms with van der Waals surface area (Å²) in [5.74, 6) is 0.350. The summed E-state index contributed by atoms with van der Waals surface area (Å²) < 4.78 is 33.9. The predicted molar refractivity (Wildman–Crippen MR) is 85.0 cm³/mol. The van der Waals surface area contributed by atoms with Crippen molar-refractivity contribution in [3.8, 4) is 17.2 Å². The van der Waals surface area contributed by atoms with E-state index in [1.54, 1.807) is 0 Å². The maximum atomic E-state index is 12.1. The number of carbonyl (C=O) groups excluding carboxylic acids is 1. The predicted octanol–water partition coefficient (Wildman–Crippen LogP) is 3.34. The van der Waals surface area contributed by atoms with Crippen LogP contribution in [0.5, 0.6) is 5.75 Å². The zero-order valence-corrected chi connectivity index (χ0v) is 14.0. The van der Waals surface area contributed by atoms with Crippen molar-refractivity contribution in [2.75, 3.05) is 5.75 Å². The number of benzene rings is 1. The number of nitrogens with zero attached hydrogens (tertiary/aromatic N) is 2. The number of halogens is 2. The molecule has 0 radical (unpaired) electrons. The minimum Gasteiger partial charge on any atom is -0.435 e. The summed E-state index contributed by atoms with van der Waals surface area (Å²) in [6.07, 6.45) is 0.854. The summed E-state index contributed by atoms with van der Waals surface area (Å²) in [7, 11) is 0. The van der Waals surface area contributed by atoms with Gasteiger partial charge in [-0.15, -0.1) is 10.2 Å². The van der Waals surface area contributed by atoms with Gasteiger partial charge in [0.2, 0.25) is 11.8 Å². The number of hydrogen-bond donors (Lipinski definition) is 1. The molecule has 1 unspecified atom stereocenters. The number of thioether (sulfide) groups is 1. The molecule has 0 aliphatic heterocycles. The number of nitrogens with one attached hydrogen (secondary N) is 1. The van der Waals surface area contributed by atoms with Crippen molar-refractivity contribution >= 4 is 17.7 Å². The summed E-state index contributed by atoms with van der Waals surface area (Å²) in [4.78, 5) is 11.7. The van der Waals surface area contributed by atoms with Crippen LogP contribution >= 0.6 is 11.8 Å². The quantitative estimate of drug-likeness (QED) is 0.730. The van der Waals surface area contributed by atoms with E-state index in [0.717, 1.165) is 18.2 Å². The molecule has 1 heterocycles. The summed E-state index contributed by atoms with van der Waals surface area (Å²) in [5.41, 5.74) is 0.569. The van der Waals surface area contributed by atoms with Gasteiger partial charge in [-0.25, -0.2) is 0 Å². The Balaban J connectivity index is 1.91. The summed E-state index contributed by atoms with van der Waals surface area (Å²) in [6.45, 7) is 1.04. The lowest BCUT2D eigenvalue weighted by molar-refractivity contribution is -0.119. The van der Waals surface area contributed by atoms with Crippen LogP contribution in [0.3, 0.4) is 0 Å². The lowest BCUT2D eigenvalue weighted by atomic mass is 10.2. The van der Waals surface area contributed by atoms with E-state index in [2.05, 4.69) is 20.3 Å². The van der Waals surface area contributed by atoms with E-state index in [1.807, 2.05) is 13.8 Å². The van der Waals surface area contributed by atoms with Crippen LogP contribution < -0.4 is 10.1 Å². The Morgan fingerprint density at radius 2 is 2.04 bits per heavy atom. The van der Waals surface area contributed by atoms with E-state index in [1.165, 1.54) is 24.3 Å². The number of amides is 1. The number of hydrogen-bond acceptors (Lipinski definition) is 6. The van der Waals surface area contributed by atoms with Gasteiger partial charge in [0, 0.05) is 11.6 Å². The Bertz CT molecular complexity index is 664. The second-order valence-electron chi connectivity index (χ2n) is 4.94. The van der Waals surface area contributed by atoms with Gasteiger partial charge in [0.1, 0.15) is 5.75 Å². The zero-order chi connectivity index (χ0) is 17.5. The van der Waals surface area contributed by atoms with Crippen molar-refractivity contribution < 1.29 is 22.7 Å². The van der Waals surface area contributed by atoms with Crippen molar-refractivity contribution in [2.24, 2.45) is 0 Å². The highest BCUT2D eigenvalue weighted by Crippen LogP contribution is 2.25. The Labute approximate surface area is 142 Å². The maximum absolute atomic E-state index is 12.1. The molecule has 6 nitrogen and oxygen atoms in total. The van der Waals surface area contributed by atoms with Crippen LogP contribution in [0.4, 0.5) is 8.78 Å². The Morgan fingerprint density at radius 1 is 1.33 bits per heavy atom. The van der Waals surface area contributed by atoms with E-state index < -0.39 is 6.61 Å². The van der Waals surface area contributed by atoms with Gasteiger partial charge in [0.05, 0.1) is 5.75 Å². The third-order valence-electron chi connectivity index (χ3n) is 3.08. The van der Waals surface area contributed by atoms with Crippen LogP contribution in [-0.2, 0) is 4.79 Å². The molecular formula is C15H17F2N3O3S. The average Bonchev–Trinajstić information content (AvgIpc) is 3.02. The first-order valence-electron chi connectivity index (χ1n) is 7.28. The monoisotopic (exact) mass is 357 g/mol. The van der Waals surface area contributed by atoms with Crippen LogP contribution in [-0.4, -0.2) is 34.5 Å². The first-order valence-corrected chi connectivity index (χ1v) is 8.27. The van der Waals surface area contributed by atoms with Crippen LogP contribution in [0.2, 0.25) is 0 Å². The molecule has 0 aliphatic rings. The molecule has 0 saturated carbocycles. The van der Waals surface area contributed by atoms with Crippen LogP contribution in [0.1, 0.15) is 20.3 Å². The summed E-state index contributed by atoms with van der Waals surface area (Å²) in [6, 6.07) is 5.96. The fraction of sp³-hybridized carbons (Fsp3) is 0.400. The Hall–Kier alpha value is -2.16. The molecule has 0 aliphatic carbocycles. The van der Waals surface area contributed by atoms with Crippen LogP contribution in [0.25, 0.3) is 11.5 Å². The molecule has 1 atom stereocenters. The third-order valence-corrected chi connectivity index (χ3v) is 3.90. The maximum Gasteiger partial charge on any atom is 0.387 e. The standard InChI is InChI=1S/C15H17F2N3O3S/c1-3-9(2)18-12(21)8-24-15-20-19-13(23-15)10-4-6-11(7-5-10)22-14(16)17/h4-7,9,14H,3,8H2,1-2H3,(H,18,21). The zero-order valence-electron chi connectivity index (χ0n) is 13.2. The van der Waals surface area contributed by atoms with Gasteiger partial charge in [0.15, 0.2) is 0 Å². The molecule has 130 valence electrons. The number of alkyl halides is 2. The Morgan fingerprint density at radius 3 is 2.67 bits per heavy atom. The molecule has 1 amide bonds. The van der Waals surface area contributed by atoms with Gasteiger partial charge < -0.3 is 14.5 Å². The van der Waals surface area contributed by atoms with E-state index in [9.17, 15) is 13.6 Å². The second kappa shape index (κ2) is 8.62. The average molecular weight is 357 g/mol. The highest BCUT2D eigenvalue weighted by molar-refractivity contribution is 7.99. The molecule has 24 heavy (non-hydrogen) atoms. The number of ether oxygens (including phenoxy) is 1. The van der Waals surface area contributed by atoms with Crippen molar-refractivity contribution in [3.05, 3.63) is 24.3 Å². The van der Waals surface area contributed by atoms with Crippen molar-refractivity contribution in [1.29, 1.82) is 0 Å². The first-order chi connectivity index (χ1) is 11.5. The summed E-state index contributed by atoms with van der Waals surface area (Å²) in [5, 5.41) is 10.8. The molecule has 0 bridgehead atoms. The van der Waals surface area contributed by atoms with Crippen molar-refractivity contribution in [3.63, 3.8) is 0 Å². The Kier molecular flexibility index (Phi) is 6.53. The van der Waals surface area contributed by atoms with E-state index in [4.69, 9.17) is 4.42 Å². The van der Waals surface area contributed by atoms with Gasteiger partial charge >= 0.3 is 6.61 Å². The van der Waals surface area contributed by atoms with E-state index in [0.29, 0.717) is 5.56 Å². The van der Waals surface area contributed by atoms with Crippen LogP contribution in [0.15, 0.2) is 33.9 Å². The minimum atomic E-state index is -2.87. The minimum absolute atomic E-state index is 0.0459. The summed E-state index contributed by atoms with van der Waals surface area (Å²) >= 11 is 1.13. The van der Waals surface area contributed by atoms with Gasteiger partial charge in [0.25, 0.3) is 5.22 Å². The fourth-order valence-electron chi connectivity index (χ4n) is 1.71. The molecule has 2 aromatic rings. The second-order valence-corrected chi connectivity index (χ2v) is 5.87. The molecule has 9 heteroatoms. The molecule has 2 rings (SSSR count). The third kappa shape index (κ3) is 5.48. The highest BCUT2D eigenvalue weighted by atomic mass is 32.2. The number of carbonyl (C=O) groups is 1. The van der Waals surface area contributed by atoms with Gasteiger partial charge in [-0.3, -0.25) is 4.79 Å². The van der Waals surface area contributed by atoms with E-state index >= 15 is 0 Å². The first kappa shape index (κ1) is 18.2. The number of aromatic nitrogens is 2. The topological polar surface area (TPSA) is 77.2 Å². The smallest absolute Gasteiger partial charge is 0.387 e. The SMILES string of the molecule is CCC(C)NC(=O)CSc1nnc(-c2ccc(OC(F)F)cc2)o1. The van der Waals surface area contributed by atoms with Crippen molar-refractivity contribution in [1.82, 2.24) is 15.5 Å². The normalized spacial score (nSPS) is 12.2. The molecule has 0 fully saturated rings. The van der Waals surface area contributed by atoms with Gasteiger partial charge in [-0.05, 0) is 37.6 Å². The largest absolute Gasteiger partial charge is 0.435 e. The number of rotatable bonds is 8. The van der Waals surface area contributed by atoms with E-state index in [-0.39, 0.29) is 34.6 Å². The molecule has 0 saturated heterocycles. The molecule has 0 spiro atoms. The lowest BCUT2D eigenvalue weighted by Crippen LogP contribution is -2.33. The van der Waals surface area contributed by atoms with Gasteiger partial charge in [-0.2, -0.15) is 8.78 Å². The molecule has 1 aromatic carbocycles. The fourth-order valence-corrected chi connectivity index (χ4v) is 2.28.